The second kappa shape index (κ2) is 4.24. The van der Waals surface area contributed by atoms with E-state index in [1.54, 1.807) is 26.0 Å². The predicted octanol–water partition coefficient (Wildman–Crippen LogP) is 3.33. The van der Waals surface area contributed by atoms with E-state index < -0.39 is 0 Å². The molecule has 0 fully saturated rings. The maximum atomic E-state index is 10.9. The molecule has 0 N–H and O–H groups in total. The van der Waals surface area contributed by atoms with Crippen LogP contribution in [0.2, 0.25) is 5.02 Å². The average molecular weight is 195 g/mol. The molecule has 0 unspecified atom stereocenters. The third-order valence-corrected chi connectivity index (χ3v) is 2.18. The smallest absolute Gasteiger partial charge is 0.155 e. The van der Waals surface area contributed by atoms with Gasteiger partial charge in [0, 0.05) is 5.02 Å². The van der Waals surface area contributed by atoms with Crippen molar-refractivity contribution in [2.24, 2.45) is 0 Å². The summed E-state index contributed by atoms with van der Waals surface area (Å²) < 4.78 is 0. The summed E-state index contributed by atoms with van der Waals surface area (Å²) in [4.78, 5) is 10.9. The van der Waals surface area contributed by atoms with Gasteiger partial charge in [0.15, 0.2) is 5.78 Å². The fraction of sp³-hybridized carbons (Fsp3) is 0.182. The molecule has 0 aliphatic heterocycles. The van der Waals surface area contributed by atoms with Crippen LogP contribution in [-0.4, -0.2) is 5.78 Å². The van der Waals surface area contributed by atoms with E-state index in [1.807, 2.05) is 18.2 Å². The summed E-state index contributed by atoms with van der Waals surface area (Å²) in [6.45, 7) is 3.33. The molecule has 0 spiro atoms. The molecule has 0 saturated carbocycles. The van der Waals surface area contributed by atoms with Crippen molar-refractivity contribution in [1.29, 1.82) is 0 Å². The molecule has 2 heteroatoms. The van der Waals surface area contributed by atoms with Crippen LogP contribution in [0.25, 0.3) is 6.08 Å². The van der Waals surface area contributed by atoms with E-state index >= 15 is 0 Å². The quantitative estimate of drug-likeness (QED) is 0.660. The molecule has 13 heavy (non-hydrogen) atoms. The lowest BCUT2D eigenvalue weighted by Crippen LogP contribution is -1.90. The summed E-state index contributed by atoms with van der Waals surface area (Å²) in [7, 11) is 0. The van der Waals surface area contributed by atoms with Gasteiger partial charge in [-0.3, -0.25) is 4.79 Å². The van der Waals surface area contributed by atoms with Gasteiger partial charge in [0.1, 0.15) is 0 Å². The topological polar surface area (TPSA) is 17.1 Å². The van der Waals surface area contributed by atoms with Crippen LogP contribution in [0.4, 0.5) is 0 Å². The van der Waals surface area contributed by atoms with Crippen LogP contribution in [0.3, 0.4) is 0 Å². The molecular weight excluding hydrogens is 184 g/mol. The fourth-order valence-corrected chi connectivity index (χ4v) is 1.12. The molecule has 0 radical (unpaired) electrons. The first kappa shape index (κ1) is 10.0. The van der Waals surface area contributed by atoms with Crippen molar-refractivity contribution in [2.75, 3.05) is 0 Å². The molecule has 1 aromatic rings. The zero-order chi connectivity index (χ0) is 9.84. The molecule has 1 nitrogen and oxygen atoms in total. The van der Waals surface area contributed by atoms with E-state index in [0.717, 1.165) is 5.56 Å². The Morgan fingerprint density at radius 1 is 1.31 bits per heavy atom. The maximum Gasteiger partial charge on any atom is 0.155 e. The molecule has 0 aliphatic carbocycles. The van der Waals surface area contributed by atoms with Gasteiger partial charge in [0.25, 0.3) is 0 Å². The summed E-state index contributed by atoms with van der Waals surface area (Å²) in [6.07, 6.45) is 1.80. The predicted molar refractivity (Wildman–Crippen MR) is 55.8 cm³/mol. The van der Waals surface area contributed by atoms with E-state index in [9.17, 15) is 4.79 Å². The van der Waals surface area contributed by atoms with Gasteiger partial charge in [-0.2, -0.15) is 0 Å². The molecule has 68 valence electrons. The molecule has 0 bridgehead atoms. The van der Waals surface area contributed by atoms with E-state index in [4.69, 9.17) is 11.6 Å². The molecule has 1 aromatic carbocycles. The van der Waals surface area contributed by atoms with Crippen LogP contribution >= 0.6 is 11.6 Å². The number of halogens is 1. The molecule has 0 aliphatic rings. The lowest BCUT2D eigenvalue weighted by molar-refractivity contribution is -0.113. The van der Waals surface area contributed by atoms with Gasteiger partial charge in [0.2, 0.25) is 0 Å². The summed E-state index contributed by atoms with van der Waals surface area (Å²) in [5.41, 5.74) is 1.60. The number of hydrogen-bond donors (Lipinski definition) is 0. The second-order valence-electron chi connectivity index (χ2n) is 2.91. The Labute approximate surface area is 83.0 Å². The summed E-state index contributed by atoms with van der Waals surface area (Å²) >= 11 is 5.92. The SMILES string of the molecule is CC(=O)/C(C)=C\c1ccccc1Cl. The number of benzene rings is 1. The monoisotopic (exact) mass is 194 g/mol. The minimum absolute atomic E-state index is 0.0694. The first-order valence-electron chi connectivity index (χ1n) is 4.05. The van der Waals surface area contributed by atoms with Crippen LogP contribution in [0.15, 0.2) is 29.8 Å². The first-order valence-corrected chi connectivity index (χ1v) is 4.43. The third kappa shape index (κ3) is 2.71. The van der Waals surface area contributed by atoms with Crippen molar-refractivity contribution in [3.63, 3.8) is 0 Å². The number of allylic oxidation sites excluding steroid dienone is 1. The van der Waals surface area contributed by atoms with Gasteiger partial charge < -0.3 is 0 Å². The number of carbonyl (C=O) groups is 1. The molecule has 0 aromatic heterocycles. The lowest BCUT2D eigenvalue weighted by Gasteiger charge is -1.98. The van der Waals surface area contributed by atoms with Crippen molar-refractivity contribution in [3.8, 4) is 0 Å². The molecule has 1 rings (SSSR count). The van der Waals surface area contributed by atoms with E-state index in [-0.39, 0.29) is 5.78 Å². The van der Waals surface area contributed by atoms with E-state index in [0.29, 0.717) is 10.6 Å². The van der Waals surface area contributed by atoms with Crippen molar-refractivity contribution in [3.05, 3.63) is 40.4 Å². The van der Waals surface area contributed by atoms with Crippen LogP contribution < -0.4 is 0 Å². The minimum Gasteiger partial charge on any atom is -0.295 e. The van der Waals surface area contributed by atoms with Gasteiger partial charge in [-0.15, -0.1) is 0 Å². The van der Waals surface area contributed by atoms with Gasteiger partial charge >= 0.3 is 0 Å². The van der Waals surface area contributed by atoms with Gasteiger partial charge in [-0.1, -0.05) is 29.8 Å². The Hall–Kier alpha value is -1.08. The fourth-order valence-electron chi connectivity index (χ4n) is 0.927. The molecule has 0 amide bonds. The summed E-state index contributed by atoms with van der Waals surface area (Å²) in [5, 5.41) is 0.670. The Balaban J connectivity index is 3.04. The molecule has 0 atom stereocenters. The first-order chi connectivity index (χ1) is 6.11. The average Bonchev–Trinajstić information content (AvgIpc) is 2.08. The number of hydrogen-bond acceptors (Lipinski definition) is 1. The van der Waals surface area contributed by atoms with E-state index in [2.05, 4.69) is 0 Å². The molecule has 0 saturated heterocycles. The van der Waals surface area contributed by atoms with Gasteiger partial charge in [-0.05, 0) is 37.1 Å². The normalized spacial score (nSPS) is 11.5. The number of carbonyl (C=O) groups excluding carboxylic acids is 1. The van der Waals surface area contributed by atoms with Gasteiger partial charge in [-0.25, -0.2) is 0 Å². The molecule has 0 heterocycles. The van der Waals surface area contributed by atoms with Crippen LogP contribution in [0, 0.1) is 0 Å². The zero-order valence-corrected chi connectivity index (χ0v) is 8.43. The van der Waals surface area contributed by atoms with Crippen LogP contribution in [0.5, 0.6) is 0 Å². The minimum atomic E-state index is 0.0694. The Morgan fingerprint density at radius 3 is 2.46 bits per heavy atom. The van der Waals surface area contributed by atoms with Crippen LogP contribution in [-0.2, 0) is 4.79 Å². The van der Waals surface area contributed by atoms with Gasteiger partial charge in [0.05, 0.1) is 0 Å². The van der Waals surface area contributed by atoms with Crippen molar-refractivity contribution >= 4 is 23.5 Å². The Kier molecular flexibility index (Phi) is 3.26. The van der Waals surface area contributed by atoms with Crippen molar-refractivity contribution in [2.45, 2.75) is 13.8 Å². The summed E-state index contributed by atoms with van der Waals surface area (Å²) in [5.74, 6) is 0.0694. The highest BCUT2D eigenvalue weighted by atomic mass is 35.5. The number of rotatable bonds is 2. The molecular formula is C11H11ClO. The largest absolute Gasteiger partial charge is 0.295 e. The standard InChI is InChI=1S/C11H11ClO/c1-8(9(2)13)7-10-5-3-4-6-11(10)12/h3-7H,1-2H3/b8-7-. The zero-order valence-electron chi connectivity index (χ0n) is 7.67. The number of Topliss-reactive ketones (excluding diaryl/α,β-unsaturated/α-hetero) is 1. The van der Waals surface area contributed by atoms with Crippen molar-refractivity contribution < 1.29 is 4.79 Å². The van der Waals surface area contributed by atoms with Crippen LogP contribution in [0.1, 0.15) is 19.4 Å². The second-order valence-corrected chi connectivity index (χ2v) is 3.31. The number of ketones is 1. The van der Waals surface area contributed by atoms with Crippen molar-refractivity contribution in [1.82, 2.24) is 0 Å². The lowest BCUT2D eigenvalue weighted by atomic mass is 10.1. The summed E-state index contributed by atoms with van der Waals surface area (Å²) in [6, 6.07) is 7.45. The maximum absolute atomic E-state index is 10.9. The third-order valence-electron chi connectivity index (χ3n) is 1.83. The Bertz CT molecular complexity index is 353. The van der Waals surface area contributed by atoms with E-state index in [1.165, 1.54) is 0 Å². The Morgan fingerprint density at radius 2 is 1.92 bits per heavy atom. The highest BCUT2D eigenvalue weighted by Crippen LogP contribution is 2.18. The highest BCUT2D eigenvalue weighted by Gasteiger charge is 1.99. The highest BCUT2D eigenvalue weighted by molar-refractivity contribution is 6.32.